The van der Waals surface area contributed by atoms with Gasteiger partial charge in [-0.1, -0.05) is 0 Å². The maximum atomic E-state index is 12.1. The van der Waals surface area contributed by atoms with E-state index in [9.17, 15) is 16.8 Å². The smallest absolute Gasteiger partial charge is 0.260 e. The van der Waals surface area contributed by atoms with E-state index in [1.54, 1.807) is 0 Å². The van der Waals surface area contributed by atoms with Crippen molar-refractivity contribution in [3.63, 3.8) is 0 Å². The first-order valence-corrected chi connectivity index (χ1v) is 8.26. The summed E-state index contributed by atoms with van der Waals surface area (Å²) in [6, 6.07) is -0.492. The lowest BCUT2D eigenvalue weighted by molar-refractivity contribution is 0.392. The molecule has 96 valence electrons. The van der Waals surface area contributed by atoms with Crippen molar-refractivity contribution in [3.05, 3.63) is 12.5 Å². The lowest BCUT2D eigenvalue weighted by Crippen LogP contribution is -2.37. The SMILES string of the molecule is CN(C1CCS(=O)(=O)C1)S(=O)(=O)c1cnc[nH]1. The number of sulfonamides is 1. The molecule has 0 spiro atoms. The normalized spacial score (nSPS) is 24.2. The van der Waals surface area contributed by atoms with E-state index in [-0.39, 0.29) is 16.5 Å². The number of aromatic amines is 1. The molecule has 17 heavy (non-hydrogen) atoms. The lowest BCUT2D eigenvalue weighted by atomic mass is 10.3. The van der Waals surface area contributed by atoms with Gasteiger partial charge in [-0.3, -0.25) is 0 Å². The van der Waals surface area contributed by atoms with E-state index in [4.69, 9.17) is 0 Å². The Balaban J connectivity index is 2.25. The molecule has 1 fully saturated rings. The first-order valence-electron chi connectivity index (χ1n) is 5.00. The number of imidazole rings is 1. The van der Waals surface area contributed by atoms with Gasteiger partial charge in [0.2, 0.25) is 0 Å². The highest BCUT2D eigenvalue weighted by molar-refractivity contribution is 7.92. The molecule has 0 radical (unpaired) electrons. The Bertz CT molecular complexity index is 591. The fourth-order valence-electron chi connectivity index (χ4n) is 1.80. The minimum Gasteiger partial charge on any atom is -0.335 e. The second kappa shape index (κ2) is 4.07. The zero-order valence-corrected chi connectivity index (χ0v) is 10.8. The van der Waals surface area contributed by atoms with Crippen molar-refractivity contribution in [1.29, 1.82) is 0 Å². The fraction of sp³-hybridized carbons (Fsp3) is 0.625. The minimum atomic E-state index is -3.68. The Labute approximate surface area is 99.8 Å². The second-order valence-corrected chi connectivity index (χ2v) is 8.19. The largest absolute Gasteiger partial charge is 0.335 e. The number of aromatic nitrogens is 2. The van der Waals surface area contributed by atoms with Crippen molar-refractivity contribution < 1.29 is 16.8 Å². The molecule has 1 aliphatic heterocycles. The molecule has 0 aliphatic carbocycles. The molecule has 1 aliphatic rings. The minimum absolute atomic E-state index is 0.0238. The Morgan fingerprint density at radius 2 is 2.24 bits per heavy atom. The van der Waals surface area contributed by atoms with E-state index in [1.807, 2.05) is 0 Å². The average molecular weight is 279 g/mol. The van der Waals surface area contributed by atoms with Crippen LogP contribution in [0.5, 0.6) is 0 Å². The molecule has 0 aromatic carbocycles. The Morgan fingerprint density at radius 3 is 2.71 bits per heavy atom. The van der Waals surface area contributed by atoms with E-state index >= 15 is 0 Å². The molecule has 1 unspecified atom stereocenters. The van der Waals surface area contributed by atoms with Crippen LogP contribution in [0, 0.1) is 0 Å². The van der Waals surface area contributed by atoms with Crippen LogP contribution >= 0.6 is 0 Å². The van der Waals surface area contributed by atoms with Gasteiger partial charge in [-0.2, -0.15) is 4.31 Å². The van der Waals surface area contributed by atoms with Crippen molar-refractivity contribution in [2.24, 2.45) is 0 Å². The Morgan fingerprint density at radius 1 is 1.53 bits per heavy atom. The first kappa shape index (κ1) is 12.5. The van der Waals surface area contributed by atoms with Gasteiger partial charge in [-0.15, -0.1) is 0 Å². The van der Waals surface area contributed by atoms with Crippen molar-refractivity contribution in [2.75, 3.05) is 18.6 Å². The third kappa shape index (κ3) is 2.35. The molecule has 9 heteroatoms. The summed E-state index contributed by atoms with van der Waals surface area (Å²) in [7, 11) is -5.39. The van der Waals surface area contributed by atoms with Gasteiger partial charge in [-0.25, -0.2) is 21.8 Å². The van der Waals surface area contributed by atoms with Crippen LogP contribution in [0.2, 0.25) is 0 Å². The molecular weight excluding hydrogens is 266 g/mol. The molecule has 1 aromatic rings. The molecule has 0 bridgehead atoms. The molecule has 0 amide bonds. The van der Waals surface area contributed by atoms with E-state index in [2.05, 4.69) is 9.97 Å². The summed E-state index contributed by atoms with van der Waals surface area (Å²) in [5, 5.41) is -0.0238. The summed E-state index contributed by atoms with van der Waals surface area (Å²) in [5.74, 6) is -0.0721. The molecule has 7 nitrogen and oxygen atoms in total. The summed E-state index contributed by atoms with van der Waals surface area (Å²) in [5.41, 5.74) is 0. The summed E-state index contributed by atoms with van der Waals surface area (Å²) in [4.78, 5) is 6.16. The number of nitrogens with one attached hydrogen (secondary N) is 1. The summed E-state index contributed by atoms with van der Waals surface area (Å²) >= 11 is 0. The van der Waals surface area contributed by atoms with Gasteiger partial charge in [0.25, 0.3) is 10.0 Å². The zero-order valence-electron chi connectivity index (χ0n) is 9.20. The van der Waals surface area contributed by atoms with E-state index in [1.165, 1.54) is 19.6 Å². The number of H-pyrrole nitrogens is 1. The molecule has 0 saturated carbocycles. The van der Waals surface area contributed by atoms with Crippen LogP contribution in [0.1, 0.15) is 6.42 Å². The number of hydrogen-bond acceptors (Lipinski definition) is 5. The van der Waals surface area contributed by atoms with Crippen LogP contribution in [0.25, 0.3) is 0 Å². The van der Waals surface area contributed by atoms with Crippen LogP contribution in [-0.2, 0) is 19.9 Å². The molecule has 1 saturated heterocycles. The maximum Gasteiger partial charge on any atom is 0.260 e. The topological polar surface area (TPSA) is 100 Å². The number of sulfone groups is 1. The van der Waals surface area contributed by atoms with Gasteiger partial charge in [-0.05, 0) is 6.42 Å². The van der Waals surface area contributed by atoms with Gasteiger partial charge in [0.1, 0.15) is 0 Å². The first-order chi connectivity index (χ1) is 7.83. The van der Waals surface area contributed by atoms with Gasteiger partial charge in [0, 0.05) is 13.1 Å². The summed E-state index contributed by atoms with van der Waals surface area (Å²) in [6.45, 7) is 0. The van der Waals surface area contributed by atoms with E-state index in [0.29, 0.717) is 6.42 Å². The molecule has 1 atom stereocenters. The lowest BCUT2D eigenvalue weighted by Gasteiger charge is -2.21. The van der Waals surface area contributed by atoms with Crippen molar-refractivity contribution in [3.8, 4) is 0 Å². The summed E-state index contributed by atoms with van der Waals surface area (Å²) < 4.78 is 47.8. The predicted molar refractivity (Wildman–Crippen MR) is 60.6 cm³/mol. The third-order valence-electron chi connectivity index (χ3n) is 2.85. The van der Waals surface area contributed by atoms with Crippen LogP contribution < -0.4 is 0 Å². The second-order valence-electron chi connectivity index (χ2n) is 3.99. The third-order valence-corrected chi connectivity index (χ3v) is 6.44. The van der Waals surface area contributed by atoms with Crippen molar-refractivity contribution in [1.82, 2.24) is 14.3 Å². The Hall–Kier alpha value is -0.930. The van der Waals surface area contributed by atoms with Gasteiger partial charge in [0.15, 0.2) is 14.9 Å². The monoisotopic (exact) mass is 279 g/mol. The molecule has 2 heterocycles. The number of rotatable bonds is 3. The fourth-order valence-corrected chi connectivity index (χ4v) is 4.94. The standard InChI is InChI=1S/C8H13N3O4S2/c1-11(7-2-3-16(12,13)5-7)17(14,15)8-4-9-6-10-8/h4,6-7H,2-3,5H2,1H3,(H,9,10). The quantitative estimate of drug-likeness (QED) is 0.782. The Kier molecular flexibility index (Phi) is 3.00. The predicted octanol–water partition coefficient (Wildman–Crippen LogP) is -0.783. The van der Waals surface area contributed by atoms with Gasteiger partial charge in [0.05, 0.1) is 24.0 Å². The van der Waals surface area contributed by atoms with Crippen molar-refractivity contribution >= 4 is 19.9 Å². The average Bonchev–Trinajstić information content (AvgIpc) is 2.85. The van der Waals surface area contributed by atoms with Crippen LogP contribution in [0.3, 0.4) is 0 Å². The summed E-state index contributed by atoms with van der Waals surface area (Å²) in [6.07, 6.45) is 2.81. The molecule has 1 aromatic heterocycles. The maximum absolute atomic E-state index is 12.1. The number of hydrogen-bond donors (Lipinski definition) is 1. The van der Waals surface area contributed by atoms with Crippen LogP contribution in [0.15, 0.2) is 17.6 Å². The van der Waals surface area contributed by atoms with Gasteiger partial charge < -0.3 is 4.98 Å². The highest BCUT2D eigenvalue weighted by Gasteiger charge is 2.36. The molecule has 2 rings (SSSR count). The van der Waals surface area contributed by atoms with Crippen LogP contribution in [-0.4, -0.2) is 55.7 Å². The van der Waals surface area contributed by atoms with Crippen LogP contribution in [0.4, 0.5) is 0 Å². The van der Waals surface area contributed by atoms with E-state index in [0.717, 1.165) is 4.31 Å². The molecular formula is C8H13N3O4S2. The highest BCUT2D eigenvalue weighted by atomic mass is 32.2. The van der Waals surface area contributed by atoms with Gasteiger partial charge >= 0.3 is 0 Å². The number of nitrogens with zero attached hydrogens (tertiary/aromatic N) is 2. The van der Waals surface area contributed by atoms with Crippen molar-refractivity contribution in [2.45, 2.75) is 17.5 Å². The zero-order chi connectivity index (χ0) is 12.7. The van der Waals surface area contributed by atoms with E-state index < -0.39 is 25.9 Å². The molecule has 1 N–H and O–H groups in total. The highest BCUT2D eigenvalue weighted by Crippen LogP contribution is 2.21.